The molecule has 3 heteroatoms. The zero-order valence-electron chi connectivity index (χ0n) is 7.74. The summed E-state index contributed by atoms with van der Waals surface area (Å²) >= 11 is 0. The lowest BCUT2D eigenvalue weighted by Crippen LogP contribution is -2.18. The first kappa shape index (κ1) is 8.51. The Morgan fingerprint density at radius 3 is 2.77 bits per heavy atom. The second-order valence-corrected chi connectivity index (χ2v) is 3.61. The third-order valence-corrected chi connectivity index (χ3v) is 2.42. The predicted octanol–water partition coefficient (Wildman–Crippen LogP) is 1.26. The SMILES string of the molecule is Nc1cncc(CN2CCCC2)c1. The van der Waals surface area contributed by atoms with Crippen LogP contribution in [0.25, 0.3) is 0 Å². The number of nitrogen functional groups attached to an aromatic ring is 1. The molecule has 0 amide bonds. The van der Waals surface area contributed by atoms with Crippen LogP contribution in [0.15, 0.2) is 18.5 Å². The van der Waals surface area contributed by atoms with Gasteiger partial charge in [-0.2, -0.15) is 0 Å². The van der Waals surface area contributed by atoms with E-state index >= 15 is 0 Å². The predicted molar refractivity (Wildman–Crippen MR) is 53.2 cm³/mol. The van der Waals surface area contributed by atoms with E-state index in [2.05, 4.69) is 9.88 Å². The minimum Gasteiger partial charge on any atom is -0.397 e. The molecule has 0 unspecified atom stereocenters. The van der Waals surface area contributed by atoms with Gasteiger partial charge in [0.15, 0.2) is 0 Å². The monoisotopic (exact) mass is 177 g/mol. The summed E-state index contributed by atoms with van der Waals surface area (Å²) < 4.78 is 0. The second-order valence-electron chi connectivity index (χ2n) is 3.61. The Kier molecular flexibility index (Phi) is 2.45. The molecule has 1 aliphatic rings. The molecular formula is C10H15N3. The first-order chi connectivity index (χ1) is 6.34. The number of pyridine rings is 1. The van der Waals surface area contributed by atoms with Gasteiger partial charge in [-0.3, -0.25) is 9.88 Å². The van der Waals surface area contributed by atoms with Crippen LogP contribution in [0.2, 0.25) is 0 Å². The van der Waals surface area contributed by atoms with Crippen molar-refractivity contribution in [3.63, 3.8) is 0 Å². The average molecular weight is 177 g/mol. The summed E-state index contributed by atoms with van der Waals surface area (Å²) in [6.07, 6.45) is 6.24. The maximum atomic E-state index is 5.65. The van der Waals surface area contributed by atoms with Gasteiger partial charge in [-0.05, 0) is 37.6 Å². The molecule has 1 aromatic rings. The highest BCUT2D eigenvalue weighted by Crippen LogP contribution is 2.13. The van der Waals surface area contributed by atoms with E-state index in [0.29, 0.717) is 0 Å². The third kappa shape index (κ3) is 2.18. The van der Waals surface area contributed by atoms with E-state index in [9.17, 15) is 0 Å². The summed E-state index contributed by atoms with van der Waals surface area (Å²) in [5.41, 5.74) is 7.64. The van der Waals surface area contributed by atoms with Gasteiger partial charge in [0.05, 0.1) is 5.69 Å². The van der Waals surface area contributed by atoms with Gasteiger partial charge in [-0.15, -0.1) is 0 Å². The van der Waals surface area contributed by atoms with Crippen LogP contribution in [0.1, 0.15) is 18.4 Å². The summed E-state index contributed by atoms with van der Waals surface area (Å²) in [6, 6.07) is 2.01. The van der Waals surface area contributed by atoms with E-state index in [1.807, 2.05) is 12.3 Å². The molecule has 70 valence electrons. The molecule has 1 aromatic heterocycles. The van der Waals surface area contributed by atoms with Gasteiger partial charge in [0.25, 0.3) is 0 Å². The summed E-state index contributed by atoms with van der Waals surface area (Å²) in [7, 11) is 0. The Balaban J connectivity index is 2.00. The lowest BCUT2D eigenvalue weighted by molar-refractivity contribution is 0.331. The largest absolute Gasteiger partial charge is 0.397 e. The normalized spacial score (nSPS) is 17.8. The fraction of sp³-hybridized carbons (Fsp3) is 0.500. The summed E-state index contributed by atoms with van der Waals surface area (Å²) in [5, 5.41) is 0. The van der Waals surface area contributed by atoms with Crippen molar-refractivity contribution in [3.05, 3.63) is 24.0 Å². The van der Waals surface area contributed by atoms with E-state index in [1.54, 1.807) is 6.20 Å². The quantitative estimate of drug-likeness (QED) is 0.739. The van der Waals surface area contributed by atoms with E-state index in [4.69, 9.17) is 5.73 Å². The summed E-state index contributed by atoms with van der Waals surface area (Å²) in [6.45, 7) is 3.43. The number of nitrogens with zero attached hydrogens (tertiary/aromatic N) is 2. The zero-order chi connectivity index (χ0) is 9.10. The Bertz CT molecular complexity index is 279. The van der Waals surface area contributed by atoms with Crippen LogP contribution in [0.4, 0.5) is 5.69 Å². The maximum Gasteiger partial charge on any atom is 0.0503 e. The highest BCUT2D eigenvalue weighted by molar-refractivity contribution is 5.36. The van der Waals surface area contributed by atoms with Crippen molar-refractivity contribution in [3.8, 4) is 0 Å². The van der Waals surface area contributed by atoms with Crippen LogP contribution >= 0.6 is 0 Å². The standard InChI is InChI=1S/C10H15N3/c11-10-5-9(6-12-7-10)8-13-3-1-2-4-13/h5-7H,1-4,8,11H2. The van der Waals surface area contributed by atoms with Crippen molar-refractivity contribution in [2.75, 3.05) is 18.8 Å². The topological polar surface area (TPSA) is 42.1 Å². The fourth-order valence-electron chi connectivity index (χ4n) is 1.79. The van der Waals surface area contributed by atoms with Gasteiger partial charge in [0.2, 0.25) is 0 Å². The molecule has 0 aromatic carbocycles. The van der Waals surface area contributed by atoms with Crippen molar-refractivity contribution >= 4 is 5.69 Å². The molecule has 1 saturated heterocycles. The van der Waals surface area contributed by atoms with Crippen molar-refractivity contribution in [2.24, 2.45) is 0 Å². The lowest BCUT2D eigenvalue weighted by atomic mass is 10.2. The first-order valence-corrected chi connectivity index (χ1v) is 4.76. The molecule has 2 rings (SSSR count). The lowest BCUT2D eigenvalue weighted by Gasteiger charge is -2.13. The first-order valence-electron chi connectivity index (χ1n) is 4.76. The molecular weight excluding hydrogens is 162 g/mol. The van der Waals surface area contributed by atoms with Crippen molar-refractivity contribution in [1.82, 2.24) is 9.88 Å². The molecule has 2 N–H and O–H groups in total. The number of anilines is 1. The van der Waals surface area contributed by atoms with Crippen molar-refractivity contribution in [2.45, 2.75) is 19.4 Å². The van der Waals surface area contributed by atoms with Gasteiger partial charge < -0.3 is 5.73 Å². The van der Waals surface area contributed by atoms with Crippen LogP contribution in [0, 0.1) is 0 Å². The Labute approximate surface area is 78.6 Å². The molecule has 0 bridgehead atoms. The highest BCUT2D eigenvalue weighted by atomic mass is 15.1. The van der Waals surface area contributed by atoms with E-state index in [0.717, 1.165) is 12.2 Å². The van der Waals surface area contributed by atoms with Crippen molar-refractivity contribution in [1.29, 1.82) is 0 Å². The smallest absolute Gasteiger partial charge is 0.0503 e. The number of likely N-dealkylation sites (tertiary alicyclic amines) is 1. The van der Waals surface area contributed by atoms with Gasteiger partial charge in [-0.25, -0.2) is 0 Å². The van der Waals surface area contributed by atoms with E-state index < -0.39 is 0 Å². The zero-order valence-corrected chi connectivity index (χ0v) is 7.74. The number of aromatic nitrogens is 1. The molecule has 0 radical (unpaired) electrons. The van der Waals surface area contributed by atoms with E-state index in [-0.39, 0.29) is 0 Å². The molecule has 0 spiro atoms. The molecule has 1 fully saturated rings. The Morgan fingerprint density at radius 1 is 1.31 bits per heavy atom. The average Bonchev–Trinajstić information content (AvgIpc) is 2.57. The maximum absolute atomic E-state index is 5.65. The fourth-order valence-corrected chi connectivity index (χ4v) is 1.79. The molecule has 1 aliphatic heterocycles. The molecule has 13 heavy (non-hydrogen) atoms. The van der Waals surface area contributed by atoms with E-state index in [1.165, 1.54) is 31.5 Å². The number of hydrogen-bond donors (Lipinski definition) is 1. The van der Waals surface area contributed by atoms with Crippen LogP contribution in [0.5, 0.6) is 0 Å². The van der Waals surface area contributed by atoms with Gasteiger partial charge in [0.1, 0.15) is 0 Å². The Hall–Kier alpha value is -1.09. The summed E-state index contributed by atoms with van der Waals surface area (Å²) in [5.74, 6) is 0. The molecule has 0 atom stereocenters. The van der Waals surface area contributed by atoms with Crippen LogP contribution in [0.3, 0.4) is 0 Å². The minimum absolute atomic E-state index is 0.761. The molecule has 2 heterocycles. The number of nitrogens with two attached hydrogens (primary N) is 1. The molecule has 0 saturated carbocycles. The summed E-state index contributed by atoms with van der Waals surface area (Å²) in [4.78, 5) is 6.52. The van der Waals surface area contributed by atoms with Crippen LogP contribution in [-0.4, -0.2) is 23.0 Å². The molecule has 3 nitrogen and oxygen atoms in total. The number of rotatable bonds is 2. The number of hydrogen-bond acceptors (Lipinski definition) is 3. The van der Waals surface area contributed by atoms with Gasteiger partial charge in [-0.1, -0.05) is 0 Å². The van der Waals surface area contributed by atoms with Crippen LogP contribution < -0.4 is 5.73 Å². The molecule has 0 aliphatic carbocycles. The van der Waals surface area contributed by atoms with Gasteiger partial charge >= 0.3 is 0 Å². The Morgan fingerprint density at radius 2 is 2.08 bits per heavy atom. The van der Waals surface area contributed by atoms with Gasteiger partial charge in [0, 0.05) is 18.9 Å². The van der Waals surface area contributed by atoms with Crippen molar-refractivity contribution < 1.29 is 0 Å². The highest BCUT2D eigenvalue weighted by Gasteiger charge is 2.11. The third-order valence-electron chi connectivity index (χ3n) is 2.42. The minimum atomic E-state index is 0.761. The van der Waals surface area contributed by atoms with Crippen LogP contribution in [-0.2, 0) is 6.54 Å². The second kappa shape index (κ2) is 3.75.